The number of rotatable bonds is 3. The third-order valence-electron chi connectivity index (χ3n) is 3.98. The molecule has 0 aromatic carbocycles. The molecule has 0 N–H and O–H groups in total. The van der Waals surface area contributed by atoms with Crippen LogP contribution in [0.25, 0.3) is 11.0 Å². The topological polar surface area (TPSA) is 84.2 Å². The first-order valence-corrected chi connectivity index (χ1v) is 9.15. The van der Waals surface area contributed by atoms with Crippen LogP contribution in [0, 0.1) is 6.92 Å². The zero-order valence-corrected chi connectivity index (χ0v) is 13.8. The minimum absolute atomic E-state index is 0.476. The average Bonchev–Trinajstić information content (AvgIpc) is 2.83. The molecule has 0 spiro atoms. The second-order valence-electron chi connectivity index (χ2n) is 5.44. The van der Waals surface area contributed by atoms with Crippen molar-refractivity contribution in [2.45, 2.75) is 20.4 Å². The third-order valence-corrected chi connectivity index (χ3v) is 5.28. The largest absolute Gasteiger partial charge is 0.352 e. The number of aryl methyl sites for hydroxylation is 2. The highest BCUT2D eigenvalue weighted by atomic mass is 32.2. The molecule has 1 saturated heterocycles. The standard InChI is InChI=1S/C13H20N6O2S/c1-4-19-12-11(10(2)16-19)14-9-15-13(12)17-5-7-18(8-6-17)22(3,20)21/h9H,4-8H2,1-3H3. The number of fused-ring (bicyclic) bond motifs is 1. The van der Waals surface area contributed by atoms with Gasteiger partial charge in [0.25, 0.3) is 0 Å². The fourth-order valence-corrected chi connectivity index (χ4v) is 3.67. The van der Waals surface area contributed by atoms with Crippen molar-refractivity contribution < 1.29 is 8.42 Å². The molecule has 0 saturated carbocycles. The summed E-state index contributed by atoms with van der Waals surface area (Å²) in [5.41, 5.74) is 2.67. The van der Waals surface area contributed by atoms with E-state index in [0.717, 1.165) is 29.1 Å². The van der Waals surface area contributed by atoms with E-state index in [-0.39, 0.29) is 0 Å². The van der Waals surface area contributed by atoms with E-state index in [2.05, 4.69) is 20.0 Å². The second-order valence-corrected chi connectivity index (χ2v) is 7.43. The smallest absolute Gasteiger partial charge is 0.211 e. The molecule has 2 aromatic rings. The van der Waals surface area contributed by atoms with Crippen molar-refractivity contribution in [3.63, 3.8) is 0 Å². The predicted molar refractivity (Wildman–Crippen MR) is 84.4 cm³/mol. The van der Waals surface area contributed by atoms with Crippen molar-refractivity contribution in [1.82, 2.24) is 24.1 Å². The first-order chi connectivity index (χ1) is 10.4. The molecule has 0 unspecified atom stereocenters. The average molecular weight is 324 g/mol. The second kappa shape index (κ2) is 5.47. The van der Waals surface area contributed by atoms with Crippen LogP contribution in [0.3, 0.4) is 0 Å². The minimum atomic E-state index is -3.13. The summed E-state index contributed by atoms with van der Waals surface area (Å²) in [6.45, 7) is 6.90. The van der Waals surface area contributed by atoms with Gasteiger partial charge in [0, 0.05) is 32.7 Å². The Morgan fingerprint density at radius 3 is 2.45 bits per heavy atom. The molecule has 3 rings (SSSR count). The molecule has 2 aromatic heterocycles. The third kappa shape index (κ3) is 2.54. The molecule has 22 heavy (non-hydrogen) atoms. The Morgan fingerprint density at radius 2 is 1.86 bits per heavy atom. The highest BCUT2D eigenvalue weighted by Crippen LogP contribution is 2.26. The zero-order valence-electron chi connectivity index (χ0n) is 13.0. The Balaban J connectivity index is 1.95. The van der Waals surface area contributed by atoms with Gasteiger partial charge in [0.1, 0.15) is 17.4 Å². The number of anilines is 1. The molecular weight excluding hydrogens is 304 g/mol. The number of sulfonamides is 1. The van der Waals surface area contributed by atoms with E-state index in [0.29, 0.717) is 26.2 Å². The van der Waals surface area contributed by atoms with Crippen molar-refractivity contribution >= 4 is 26.9 Å². The van der Waals surface area contributed by atoms with Gasteiger partial charge in [-0.1, -0.05) is 0 Å². The quantitative estimate of drug-likeness (QED) is 0.804. The molecule has 0 bridgehead atoms. The maximum Gasteiger partial charge on any atom is 0.211 e. The van der Waals surface area contributed by atoms with Crippen molar-refractivity contribution in [2.24, 2.45) is 0 Å². The molecular formula is C13H20N6O2S. The molecule has 0 atom stereocenters. The van der Waals surface area contributed by atoms with Crippen LogP contribution in [0.4, 0.5) is 5.82 Å². The highest BCUT2D eigenvalue weighted by Gasteiger charge is 2.26. The highest BCUT2D eigenvalue weighted by molar-refractivity contribution is 7.88. The molecule has 1 fully saturated rings. The van der Waals surface area contributed by atoms with E-state index in [1.54, 1.807) is 6.33 Å². The summed E-state index contributed by atoms with van der Waals surface area (Å²) in [6, 6.07) is 0. The van der Waals surface area contributed by atoms with Crippen LogP contribution in [-0.4, -0.2) is 64.9 Å². The van der Waals surface area contributed by atoms with Gasteiger partial charge in [-0.05, 0) is 13.8 Å². The van der Waals surface area contributed by atoms with Gasteiger partial charge in [0.2, 0.25) is 10.0 Å². The maximum atomic E-state index is 11.6. The van der Waals surface area contributed by atoms with Crippen LogP contribution in [0.1, 0.15) is 12.6 Å². The SMILES string of the molecule is CCn1nc(C)c2ncnc(N3CCN(S(C)(=O)=O)CC3)c21. The number of hydrogen-bond acceptors (Lipinski definition) is 6. The summed E-state index contributed by atoms with van der Waals surface area (Å²) >= 11 is 0. The summed E-state index contributed by atoms with van der Waals surface area (Å²) < 4.78 is 26.6. The molecule has 0 aliphatic carbocycles. The maximum absolute atomic E-state index is 11.6. The van der Waals surface area contributed by atoms with E-state index in [1.165, 1.54) is 10.6 Å². The van der Waals surface area contributed by atoms with Gasteiger partial charge < -0.3 is 4.90 Å². The van der Waals surface area contributed by atoms with Crippen molar-refractivity contribution in [1.29, 1.82) is 0 Å². The van der Waals surface area contributed by atoms with Crippen molar-refractivity contribution in [3.05, 3.63) is 12.0 Å². The summed E-state index contributed by atoms with van der Waals surface area (Å²) in [7, 11) is -3.13. The van der Waals surface area contributed by atoms with Crippen molar-refractivity contribution in [2.75, 3.05) is 37.3 Å². The van der Waals surface area contributed by atoms with Gasteiger partial charge >= 0.3 is 0 Å². The molecule has 1 aliphatic rings. The zero-order chi connectivity index (χ0) is 15.9. The Hall–Kier alpha value is -1.74. The van der Waals surface area contributed by atoms with E-state index >= 15 is 0 Å². The van der Waals surface area contributed by atoms with Crippen LogP contribution >= 0.6 is 0 Å². The molecule has 120 valence electrons. The molecule has 3 heterocycles. The number of aromatic nitrogens is 4. The normalized spacial score (nSPS) is 17.3. The minimum Gasteiger partial charge on any atom is -0.352 e. The van der Waals surface area contributed by atoms with Crippen LogP contribution < -0.4 is 4.90 Å². The first-order valence-electron chi connectivity index (χ1n) is 7.30. The lowest BCUT2D eigenvalue weighted by atomic mass is 10.3. The van der Waals surface area contributed by atoms with Crippen molar-refractivity contribution in [3.8, 4) is 0 Å². The van der Waals surface area contributed by atoms with E-state index < -0.39 is 10.0 Å². The first kappa shape index (κ1) is 15.2. The Labute approximate surface area is 129 Å². The molecule has 8 nitrogen and oxygen atoms in total. The van der Waals surface area contributed by atoms with Gasteiger partial charge in [0.05, 0.1) is 11.9 Å². The molecule has 0 amide bonds. The van der Waals surface area contributed by atoms with Crippen LogP contribution in [0.15, 0.2) is 6.33 Å². The van der Waals surface area contributed by atoms with Gasteiger partial charge in [-0.3, -0.25) is 4.68 Å². The summed E-state index contributed by atoms with van der Waals surface area (Å²) in [6.07, 6.45) is 2.80. The van der Waals surface area contributed by atoms with Gasteiger partial charge in [-0.25, -0.2) is 18.4 Å². The van der Waals surface area contributed by atoms with Gasteiger partial charge in [0.15, 0.2) is 5.82 Å². The van der Waals surface area contributed by atoms with Gasteiger partial charge in [-0.2, -0.15) is 9.40 Å². The van der Waals surface area contributed by atoms with E-state index in [1.807, 2.05) is 18.5 Å². The summed E-state index contributed by atoms with van der Waals surface area (Å²) in [5, 5.41) is 4.50. The van der Waals surface area contributed by atoms with Crippen LogP contribution in [0.5, 0.6) is 0 Å². The Kier molecular flexibility index (Phi) is 3.77. The van der Waals surface area contributed by atoms with Crippen LogP contribution in [-0.2, 0) is 16.6 Å². The Morgan fingerprint density at radius 1 is 1.18 bits per heavy atom. The lowest BCUT2D eigenvalue weighted by Gasteiger charge is -2.34. The van der Waals surface area contributed by atoms with Gasteiger partial charge in [-0.15, -0.1) is 0 Å². The van der Waals surface area contributed by atoms with E-state index in [9.17, 15) is 8.42 Å². The van der Waals surface area contributed by atoms with E-state index in [4.69, 9.17) is 0 Å². The lowest BCUT2D eigenvalue weighted by molar-refractivity contribution is 0.387. The summed E-state index contributed by atoms with van der Waals surface area (Å²) in [5.74, 6) is 0.834. The number of piperazine rings is 1. The monoisotopic (exact) mass is 324 g/mol. The fraction of sp³-hybridized carbons (Fsp3) is 0.615. The Bertz CT molecular complexity index is 792. The predicted octanol–water partition coefficient (Wildman–Crippen LogP) is 0.236. The number of hydrogen-bond donors (Lipinski definition) is 0. The number of nitrogens with zero attached hydrogens (tertiary/aromatic N) is 6. The summed E-state index contributed by atoms with van der Waals surface area (Å²) in [4.78, 5) is 10.9. The molecule has 9 heteroatoms. The molecule has 0 radical (unpaired) electrons. The molecule has 1 aliphatic heterocycles. The fourth-order valence-electron chi connectivity index (χ4n) is 2.84. The lowest BCUT2D eigenvalue weighted by Crippen LogP contribution is -2.48. The van der Waals surface area contributed by atoms with Crippen LogP contribution in [0.2, 0.25) is 0 Å².